The van der Waals surface area contributed by atoms with Crippen LogP contribution in [0.4, 0.5) is 5.69 Å². The number of hydrogen-bond donors (Lipinski definition) is 4. The van der Waals surface area contributed by atoms with E-state index in [4.69, 9.17) is 10.4 Å². The Morgan fingerprint density at radius 2 is 1.95 bits per heavy atom. The van der Waals surface area contributed by atoms with Gasteiger partial charge in [0.1, 0.15) is 5.75 Å². The van der Waals surface area contributed by atoms with E-state index in [1.165, 1.54) is 0 Å². The van der Waals surface area contributed by atoms with E-state index < -0.39 is 0 Å². The number of nitrogens with one attached hydrogen (secondary N) is 1. The second kappa shape index (κ2) is 5.13. The van der Waals surface area contributed by atoms with Gasteiger partial charge >= 0.3 is 0 Å². The smallest absolute Gasteiger partial charge is 0.115 e. The molecule has 1 aliphatic rings. The molecule has 1 heterocycles. The third-order valence-corrected chi connectivity index (χ3v) is 3.61. The predicted octanol–water partition coefficient (Wildman–Crippen LogP) is 2.21. The van der Waals surface area contributed by atoms with Crippen molar-refractivity contribution < 1.29 is 15.5 Å². The maximum Gasteiger partial charge on any atom is 0.115 e. The molecular formula is C15H16N2O3. The second-order valence-electron chi connectivity index (χ2n) is 4.90. The molecule has 0 saturated heterocycles. The van der Waals surface area contributed by atoms with Crippen LogP contribution in [0.2, 0.25) is 0 Å². The van der Waals surface area contributed by atoms with E-state index in [0.29, 0.717) is 5.69 Å². The first-order valence-electron chi connectivity index (χ1n) is 6.48. The van der Waals surface area contributed by atoms with Gasteiger partial charge in [0.15, 0.2) is 0 Å². The van der Waals surface area contributed by atoms with Crippen LogP contribution in [-0.4, -0.2) is 22.1 Å². The first-order chi connectivity index (χ1) is 9.65. The molecule has 0 saturated carbocycles. The van der Waals surface area contributed by atoms with Crippen molar-refractivity contribution in [2.45, 2.75) is 12.5 Å². The topological polar surface area (TPSA) is 76.0 Å². The van der Waals surface area contributed by atoms with Gasteiger partial charge in [-0.1, -0.05) is 18.2 Å². The summed E-state index contributed by atoms with van der Waals surface area (Å²) in [5.74, 6) is 0.273. The van der Waals surface area contributed by atoms with Crippen molar-refractivity contribution in [1.29, 1.82) is 0 Å². The minimum Gasteiger partial charge on any atom is -0.508 e. The number of aromatic hydroxyl groups is 1. The Labute approximate surface area is 116 Å². The summed E-state index contributed by atoms with van der Waals surface area (Å²) in [6.07, 6.45) is 0.867. The Kier molecular flexibility index (Phi) is 3.31. The van der Waals surface area contributed by atoms with Gasteiger partial charge in [-0.3, -0.25) is 10.4 Å². The lowest BCUT2D eigenvalue weighted by Gasteiger charge is -2.28. The van der Waals surface area contributed by atoms with Crippen LogP contribution in [-0.2, 0) is 6.42 Å². The molecule has 0 unspecified atom stereocenters. The van der Waals surface area contributed by atoms with E-state index in [9.17, 15) is 5.11 Å². The molecule has 20 heavy (non-hydrogen) atoms. The number of rotatable bonds is 2. The van der Waals surface area contributed by atoms with E-state index in [2.05, 4.69) is 5.32 Å². The fourth-order valence-electron chi connectivity index (χ4n) is 2.68. The van der Waals surface area contributed by atoms with Gasteiger partial charge < -0.3 is 10.4 Å². The summed E-state index contributed by atoms with van der Waals surface area (Å²) < 4.78 is 0. The quantitative estimate of drug-likeness (QED) is 0.631. The lowest BCUT2D eigenvalue weighted by atomic mass is 9.89. The summed E-state index contributed by atoms with van der Waals surface area (Å²) in [4.78, 5) is 0. The zero-order chi connectivity index (χ0) is 14.1. The molecule has 0 aromatic heterocycles. The SMILES string of the molecule is Oc1ccc2c(c1)CCN[C@@H]2c1cccc(N(O)O)c1. The van der Waals surface area contributed by atoms with Crippen LogP contribution in [0.1, 0.15) is 22.7 Å². The van der Waals surface area contributed by atoms with Gasteiger partial charge in [0.25, 0.3) is 0 Å². The Balaban J connectivity index is 2.02. The van der Waals surface area contributed by atoms with Crippen LogP contribution in [0.3, 0.4) is 0 Å². The standard InChI is InChI=1S/C15H16N2O3/c18-13-4-5-14-10(9-13)6-7-16-15(14)11-2-1-3-12(8-11)17(19)20/h1-5,8-9,15-16,18-20H,6-7H2/t15-/m1/s1. The number of benzene rings is 2. The van der Waals surface area contributed by atoms with Crippen LogP contribution in [0.5, 0.6) is 5.75 Å². The minimum absolute atomic E-state index is 0.0146. The Morgan fingerprint density at radius 1 is 1.10 bits per heavy atom. The molecule has 5 nitrogen and oxygen atoms in total. The molecule has 1 atom stereocenters. The van der Waals surface area contributed by atoms with Gasteiger partial charge in [-0.2, -0.15) is 0 Å². The lowest BCUT2D eigenvalue weighted by Crippen LogP contribution is -2.30. The van der Waals surface area contributed by atoms with E-state index in [0.717, 1.165) is 29.7 Å². The maximum absolute atomic E-state index is 9.57. The maximum atomic E-state index is 9.57. The molecule has 0 spiro atoms. The number of hydrogen-bond acceptors (Lipinski definition) is 5. The summed E-state index contributed by atoms with van der Waals surface area (Å²) >= 11 is 0. The zero-order valence-electron chi connectivity index (χ0n) is 10.8. The summed E-state index contributed by atoms with van der Waals surface area (Å²) in [7, 11) is 0. The van der Waals surface area contributed by atoms with E-state index in [1.54, 1.807) is 30.3 Å². The third-order valence-electron chi connectivity index (χ3n) is 3.61. The molecule has 0 fully saturated rings. The van der Waals surface area contributed by atoms with Gasteiger partial charge in [-0.25, -0.2) is 0 Å². The highest BCUT2D eigenvalue weighted by Crippen LogP contribution is 2.32. The summed E-state index contributed by atoms with van der Waals surface area (Å²) in [5.41, 5.74) is 3.48. The highest BCUT2D eigenvalue weighted by Gasteiger charge is 2.22. The number of nitrogens with zero attached hydrogens (tertiary/aromatic N) is 1. The number of fused-ring (bicyclic) bond motifs is 1. The van der Waals surface area contributed by atoms with E-state index in [1.807, 2.05) is 12.1 Å². The molecular weight excluding hydrogens is 256 g/mol. The van der Waals surface area contributed by atoms with E-state index in [-0.39, 0.29) is 17.0 Å². The number of phenols is 1. The molecule has 0 radical (unpaired) electrons. The summed E-state index contributed by atoms with van der Waals surface area (Å²) in [6.45, 7) is 0.813. The molecule has 5 heteroatoms. The highest BCUT2D eigenvalue weighted by molar-refractivity contribution is 5.49. The molecule has 2 aromatic carbocycles. The molecule has 104 valence electrons. The van der Waals surface area contributed by atoms with Crippen molar-refractivity contribution in [2.24, 2.45) is 0 Å². The van der Waals surface area contributed by atoms with Gasteiger partial charge in [0, 0.05) is 6.54 Å². The summed E-state index contributed by atoms with van der Waals surface area (Å²) in [5, 5.41) is 31.3. The number of anilines is 1. The zero-order valence-corrected chi connectivity index (χ0v) is 10.8. The van der Waals surface area contributed by atoms with Gasteiger partial charge in [0.2, 0.25) is 0 Å². The Bertz CT molecular complexity index is 628. The molecule has 3 rings (SSSR count). The normalized spacial score (nSPS) is 17.6. The largest absolute Gasteiger partial charge is 0.508 e. The van der Waals surface area contributed by atoms with Crippen molar-refractivity contribution >= 4 is 5.69 Å². The molecule has 0 bridgehead atoms. The van der Waals surface area contributed by atoms with Crippen LogP contribution >= 0.6 is 0 Å². The van der Waals surface area contributed by atoms with Crippen molar-refractivity contribution in [3.63, 3.8) is 0 Å². The Hall–Kier alpha value is -2.08. The molecule has 2 aromatic rings. The fraction of sp³-hybridized carbons (Fsp3) is 0.200. The van der Waals surface area contributed by atoms with Gasteiger partial charge in [0.05, 0.1) is 11.7 Å². The predicted molar refractivity (Wildman–Crippen MR) is 74.2 cm³/mol. The minimum atomic E-state index is -0.0146. The molecule has 0 aliphatic carbocycles. The second-order valence-corrected chi connectivity index (χ2v) is 4.90. The van der Waals surface area contributed by atoms with Crippen LogP contribution < -0.4 is 10.5 Å². The van der Waals surface area contributed by atoms with Crippen LogP contribution in [0, 0.1) is 0 Å². The van der Waals surface area contributed by atoms with Crippen molar-refractivity contribution in [3.05, 3.63) is 59.2 Å². The summed E-state index contributed by atoms with van der Waals surface area (Å²) in [6, 6.07) is 12.4. The van der Waals surface area contributed by atoms with Gasteiger partial charge in [-0.15, -0.1) is 5.23 Å². The average molecular weight is 272 g/mol. The third kappa shape index (κ3) is 2.34. The van der Waals surface area contributed by atoms with Crippen molar-refractivity contribution in [2.75, 3.05) is 11.8 Å². The average Bonchev–Trinajstić information content (AvgIpc) is 2.46. The highest BCUT2D eigenvalue weighted by atomic mass is 16.8. The number of phenolic OH excluding ortho intramolecular Hbond substituents is 1. The van der Waals surface area contributed by atoms with Crippen LogP contribution in [0.25, 0.3) is 0 Å². The van der Waals surface area contributed by atoms with Crippen molar-refractivity contribution in [1.82, 2.24) is 5.32 Å². The lowest BCUT2D eigenvalue weighted by molar-refractivity contribution is 0.0291. The first-order valence-corrected chi connectivity index (χ1v) is 6.48. The monoisotopic (exact) mass is 272 g/mol. The molecule has 1 aliphatic heterocycles. The first kappa shape index (κ1) is 12.9. The van der Waals surface area contributed by atoms with Crippen molar-refractivity contribution in [3.8, 4) is 5.75 Å². The van der Waals surface area contributed by atoms with Gasteiger partial charge in [-0.05, 0) is 47.4 Å². The molecule has 4 N–H and O–H groups in total. The van der Waals surface area contributed by atoms with E-state index >= 15 is 0 Å². The van der Waals surface area contributed by atoms with Crippen LogP contribution in [0.15, 0.2) is 42.5 Å². The Morgan fingerprint density at radius 3 is 2.75 bits per heavy atom. The fourth-order valence-corrected chi connectivity index (χ4v) is 2.68. The molecule has 0 amide bonds.